The van der Waals surface area contributed by atoms with Gasteiger partial charge >= 0.3 is 0 Å². The van der Waals surface area contributed by atoms with Crippen LogP contribution in [0.15, 0.2) is 67.0 Å². The molecule has 0 atom stereocenters. The molecule has 6 rings (SSSR count). The number of aromatic nitrogens is 1. The van der Waals surface area contributed by atoms with Crippen LogP contribution in [0.1, 0.15) is 25.0 Å². The van der Waals surface area contributed by atoms with Gasteiger partial charge in [0, 0.05) is 27.9 Å². The second kappa shape index (κ2) is 4.53. The molecule has 0 bridgehead atoms. The summed E-state index contributed by atoms with van der Waals surface area (Å²) in [5.74, 6) is 1.76. The first-order valence-corrected chi connectivity index (χ1v) is 8.98. The largest absolute Gasteiger partial charge is 0.454 e. The number of hydrogen-bond donors (Lipinski definition) is 0. The van der Waals surface area contributed by atoms with Crippen molar-refractivity contribution in [2.45, 2.75) is 19.3 Å². The van der Waals surface area contributed by atoms with E-state index in [0.29, 0.717) is 0 Å². The fraction of sp³-hybridized carbons (Fsp3) is 0.125. The lowest BCUT2D eigenvalue weighted by molar-refractivity contribution is 0.484. The highest BCUT2D eigenvalue weighted by Gasteiger charge is 2.38. The number of para-hydroxylation sites is 1. The zero-order chi connectivity index (χ0) is 17.5. The molecule has 2 nitrogen and oxygen atoms in total. The maximum absolute atomic E-state index is 6.19. The van der Waals surface area contributed by atoms with Gasteiger partial charge < -0.3 is 4.74 Å². The van der Waals surface area contributed by atoms with Crippen molar-refractivity contribution in [1.29, 1.82) is 0 Å². The van der Waals surface area contributed by atoms with Gasteiger partial charge in [-0.3, -0.25) is 4.98 Å². The first kappa shape index (κ1) is 14.1. The molecule has 0 saturated heterocycles. The van der Waals surface area contributed by atoms with Gasteiger partial charge in [-0.15, -0.1) is 0 Å². The minimum atomic E-state index is -0.0538. The number of pyridine rings is 1. The van der Waals surface area contributed by atoms with Crippen molar-refractivity contribution in [3.05, 3.63) is 78.1 Å². The van der Waals surface area contributed by atoms with Crippen LogP contribution in [0.5, 0.6) is 11.5 Å². The topological polar surface area (TPSA) is 22.1 Å². The van der Waals surface area contributed by atoms with Gasteiger partial charge in [0.1, 0.15) is 5.75 Å². The molecule has 0 spiro atoms. The van der Waals surface area contributed by atoms with Crippen LogP contribution in [0.2, 0.25) is 0 Å². The van der Waals surface area contributed by atoms with Crippen molar-refractivity contribution in [2.75, 3.05) is 0 Å². The first-order chi connectivity index (χ1) is 12.7. The lowest BCUT2D eigenvalue weighted by atomic mass is 9.79. The molecule has 2 aliphatic rings. The van der Waals surface area contributed by atoms with E-state index >= 15 is 0 Å². The highest BCUT2D eigenvalue weighted by Crippen LogP contribution is 2.56. The van der Waals surface area contributed by atoms with E-state index in [9.17, 15) is 0 Å². The van der Waals surface area contributed by atoms with Gasteiger partial charge in [-0.2, -0.15) is 0 Å². The van der Waals surface area contributed by atoms with Gasteiger partial charge in [-0.05, 0) is 39.9 Å². The number of rotatable bonds is 0. The Balaban J connectivity index is 1.84. The van der Waals surface area contributed by atoms with E-state index in [4.69, 9.17) is 4.74 Å². The number of nitrogens with zero attached hydrogens (tertiary/aromatic N) is 1. The summed E-state index contributed by atoms with van der Waals surface area (Å²) < 4.78 is 6.19. The highest BCUT2D eigenvalue weighted by atomic mass is 16.5. The average Bonchev–Trinajstić information content (AvgIpc) is 2.90. The number of fused-ring (bicyclic) bond motifs is 6. The molecule has 2 heterocycles. The summed E-state index contributed by atoms with van der Waals surface area (Å²) in [6.07, 6.45) is 3.84. The molecule has 0 radical (unpaired) electrons. The van der Waals surface area contributed by atoms with Gasteiger partial charge in [-0.25, -0.2) is 0 Å². The monoisotopic (exact) mass is 335 g/mol. The third-order valence-electron chi connectivity index (χ3n) is 5.92. The predicted octanol–water partition coefficient (Wildman–Crippen LogP) is 6.31. The van der Waals surface area contributed by atoms with Gasteiger partial charge in [0.15, 0.2) is 5.75 Å². The normalized spacial score (nSPS) is 15.2. The summed E-state index contributed by atoms with van der Waals surface area (Å²) in [6.45, 7) is 4.62. The van der Waals surface area contributed by atoms with E-state index in [1.807, 2.05) is 24.5 Å². The Morgan fingerprint density at radius 3 is 2.42 bits per heavy atom. The Kier molecular flexibility index (Phi) is 2.45. The molecule has 3 aromatic carbocycles. The molecule has 1 aliphatic heterocycles. The van der Waals surface area contributed by atoms with Gasteiger partial charge in [0.25, 0.3) is 0 Å². The first-order valence-electron chi connectivity index (χ1n) is 8.98. The van der Waals surface area contributed by atoms with Gasteiger partial charge in [0.05, 0.1) is 6.20 Å². The quantitative estimate of drug-likeness (QED) is 0.331. The average molecular weight is 335 g/mol. The Hall–Kier alpha value is -3.13. The van der Waals surface area contributed by atoms with E-state index in [0.717, 1.165) is 17.1 Å². The molecule has 0 unspecified atom stereocenters. The second-order valence-electron chi connectivity index (χ2n) is 7.68. The summed E-state index contributed by atoms with van der Waals surface area (Å²) in [5.41, 5.74) is 7.74. The molecule has 0 saturated carbocycles. The molecule has 124 valence electrons. The van der Waals surface area contributed by atoms with Gasteiger partial charge in [0.2, 0.25) is 0 Å². The summed E-state index contributed by atoms with van der Waals surface area (Å²) in [6, 6.07) is 19.4. The highest BCUT2D eigenvalue weighted by molar-refractivity contribution is 6.10. The number of hydrogen-bond acceptors (Lipinski definition) is 2. The molecule has 0 N–H and O–H groups in total. The molecule has 2 heteroatoms. The molecule has 0 fully saturated rings. The smallest absolute Gasteiger partial charge is 0.154 e. The van der Waals surface area contributed by atoms with Crippen molar-refractivity contribution in [2.24, 2.45) is 0 Å². The van der Waals surface area contributed by atoms with Gasteiger partial charge in [-0.1, -0.05) is 56.3 Å². The molecule has 1 aliphatic carbocycles. The zero-order valence-electron chi connectivity index (χ0n) is 14.7. The van der Waals surface area contributed by atoms with Crippen molar-refractivity contribution < 1.29 is 4.74 Å². The van der Waals surface area contributed by atoms with E-state index < -0.39 is 0 Å². The number of ether oxygens (including phenoxy) is 1. The van der Waals surface area contributed by atoms with Crippen molar-refractivity contribution in [3.63, 3.8) is 0 Å². The number of benzene rings is 3. The Bertz CT molecular complexity index is 1240. The minimum absolute atomic E-state index is 0.0538. The van der Waals surface area contributed by atoms with Crippen LogP contribution in [-0.2, 0) is 5.41 Å². The summed E-state index contributed by atoms with van der Waals surface area (Å²) >= 11 is 0. The van der Waals surface area contributed by atoms with E-state index in [2.05, 4.69) is 61.3 Å². The van der Waals surface area contributed by atoms with Crippen LogP contribution < -0.4 is 4.74 Å². The van der Waals surface area contributed by atoms with Crippen molar-refractivity contribution >= 4 is 10.8 Å². The lowest BCUT2D eigenvalue weighted by Gasteiger charge is -2.26. The minimum Gasteiger partial charge on any atom is -0.454 e. The summed E-state index contributed by atoms with van der Waals surface area (Å²) in [4.78, 5) is 4.51. The SMILES string of the molecule is CC1(C)c2ccccc2-c2cc3c4c(cncc4c21)Oc1ccccc1-3. The predicted molar refractivity (Wildman–Crippen MR) is 105 cm³/mol. The van der Waals surface area contributed by atoms with E-state index in [-0.39, 0.29) is 5.41 Å². The van der Waals surface area contributed by atoms with Crippen molar-refractivity contribution in [3.8, 4) is 33.8 Å². The van der Waals surface area contributed by atoms with Crippen LogP contribution in [0.25, 0.3) is 33.0 Å². The van der Waals surface area contributed by atoms with E-state index in [1.165, 1.54) is 38.6 Å². The second-order valence-corrected chi connectivity index (χ2v) is 7.68. The zero-order valence-corrected chi connectivity index (χ0v) is 14.7. The summed E-state index contributed by atoms with van der Waals surface area (Å²) in [5, 5.41) is 2.38. The Morgan fingerprint density at radius 1 is 0.769 bits per heavy atom. The Labute approximate surface area is 152 Å². The van der Waals surface area contributed by atoms with Crippen LogP contribution in [-0.4, -0.2) is 4.98 Å². The molecular weight excluding hydrogens is 318 g/mol. The summed E-state index contributed by atoms with van der Waals surface area (Å²) in [7, 11) is 0. The molecular formula is C24H17NO. The molecule has 4 aromatic rings. The fourth-order valence-corrected chi connectivity index (χ4v) is 4.81. The third-order valence-corrected chi connectivity index (χ3v) is 5.92. The fourth-order valence-electron chi connectivity index (χ4n) is 4.81. The molecule has 0 amide bonds. The van der Waals surface area contributed by atoms with Crippen LogP contribution in [0.4, 0.5) is 0 Å². The van der Waals surface area contributed by atoms with Crippen LogP contribution >= 0.6 is 0 Å². The van der Waals surface area contributed by atoms with E-state index in [1.54, 1.807) is 0 Å². The standard InChI is InChI=1S/C24H17NO/c1-24(2)19-9-5-3-7-14(19)17-11-16-15-8-4-6-10-20(15)26-21-13-25-12-18(22(16)21)23(17)24/h3-13H,1-2H3. The lowest BCUT2D eigenvalue weighted by Crippen LogP contribution is -2.16. The molecule has 1 aromatic heterocycles. The maximum atomic E-state index is 6.19. The third kappa shape index (κ3) is 1.55. The Morgan fingerprint density at radius 2 is 1.54 bits per heavy atom. The van der Waals surface area contributed by atoms with Crippen LogP contribution in [0.3, 0.4) is 0 Å². The van der Waals surface area contributed by atoms with Crippen molar-refractivity contribution in [1.82, 2.24) is 4.98 Å². The molecule has 26 heavy (non-hydrogen) atoms. The maximum Gasteiger partial charge on any atom is 0.154 e. The van der Waals surface area contributed by atoms with Crippen LogP contribution in [0, 0.1) is 0 Å².